The van der Waals surface area contributed by atoms with Crippen LogP contribution in [-0.4, -0.2) is 9.55 Å². The molecule has 0 saturated heterocycles. The van der Waals surface area contributed by atoms with Crippen molar-refractivity contribution in [3.8, 4) is 5.69 Å². The summed E-state index contributed by atoms with van der Waals surface area (Å²) >= 11 is 8.93. The average molecular weight is 297 g/mol. The zero-order valence-electron chi connectivity index (χ0n) is 9.25. The van der Waals surface area contributed by atoms with Crippen LogP contribution in [0.3, 0.4) is 0 Å². The highest BCUT2D eigenvalue weighted by Crippen LogP contribution is 2.26. The van der Waals surface area contributed by atoms with Crippen LogP contribution >= 0.6 is 28.1 Å². The highest BCUT2D eigenvalue weighted by Gasteiger charge is 2.09. The van der Waals surface area contributed by atoms with E-state index in [4.69, 9.17) is 12.2 Å². The first kappa shape index (κ1) is 11.6. The van der Waals surface area contributed by atoms with Gasteiger partial charge in [0, 0.05) is 16.4 Å². The molecular weight excluding hydrogens is 284 g/mol. The Kier molecular flexibility index (Phi) is 3.30. The van der Waals surface area contributed by atoms with Crippen molar-refractivity contribution in [1.29, 1.82) is 0 Å². The predicted octanol–water partition coefficient (Wildman–Crippen LogP) is 4.17. The van der Waals surface area contributed by atoms with Crippen molar-refractivity contribution in [2.45, 2.75) is 20.3 Å². The Morgan fingerprint density at radius 1 is 1.44 bits per heavy atom. The second-order valence-electron chi connectivity index (χ2n) is 3.68. The number of hydrogen-bond acceptors (Lipinski definition) is 1. The number of rotatable bonds is 2. The molecule has 0 spiro atoms. The van der Waals surface area contributed by atoms with E-state index in [0.29, 0.717) is 0 Å². The molecule has 0 fully saturated rings. The summed E-state index contributed by atoms with van der Waals surface area (Å²) in [5.41, 5.74) is 3.50. The number of nitrogens with zero attached hydrogens (tertiary/aromatic N) is 1. The molecule has 0 aliphatic carbocycles. The van der Waals surface area contributed by atoms with Gasteiger partial charge in [-0.1, -0.05) is 19.1 Å². The highest BCUT2D eigenvalue weighted by atomic mass is 79.9. The van der Waals surface area contributed by atoms with E-state index in [1.165, 1.54) is 11.3 Å². The summed E-state index contributed by atoms with van der Waals surface area (Å²) in [6, 6.07) is 6.19. The Balaban J connectivity index is 2.72. The molecule has 0 aliphatic rings. The second kappa shape index (κ2) is 4.55. The highest BCUT2D eigenvalue weighted by molar-refractivity contribution is 9.10. The standard InChI is InChI=1S/C12H13BrN2S/c1-3-9-7-14-12(16)15(9)10-6-4-5-8(2)11(10)13/h4-7H,3H2,1-2H3,(H,14,16). The third-order valence-electron chi connectivity index (χ3n) is 2.63. The van der Waals surface area contributed by atoms with E-state index < -0.39 is 0 Å². The van der Waals surface area contributed by atoms with Gasteiger partial charge in [0.05, 0.1) is 5.69 Å². The molecule has 0 bridgehead atoms. The van der Waals surface area contributed by atoms with E-state index >= 15 is 0 Å². The Hall–Kier alpha value is -0.870. The molecule has 1 N–H and O–H groups in total. The lowest BCUT2D eigenvalue weighted by Crippen LogP contribution is -2.00. The maximum atomic E-state index is 5.31. The minimum Gasteiger partial charge on any atom is -0.337 e. The van der Waals surface area contributed by atoms with E-state index in [0.717, 1.165) is 21.4 Å². The molecule has 2 aromatic rings. The number of hydrogen-bond donors (Lipinski definition) is 1. The van der Waals surface area contributed by atoms with Crippen LogP contribution in [0.5, 0.6) is 0 Å². The fraction of sp³-hybridized carbons (Fsp3) is 0.250. The van der Waals surface area contributed by atoms with Gasteiger partial charge in [-0.15, -0.1) is 0 Å². The van der Waals surface area contributed by atoms with Crippen molar-refractivity contribution in [2.75, 3.05) is 0 Å². The summed E-state index contributed by atoms with van der Waals surface area (Å²) < 4.78 is 3.91. The molecule has 16 heavy (non-hydrogen) atoms. The van der Waals surface area contributed by atoms with Gasteiger partial charge in [-0.05, 0) is 53.1 Å². The molecular formula is C12H13BrN2S. The van der Waals surface area contributed by atoms with Crippen LogP contribution < -0.4 is 0 Å². The molecule has 84 valence electrons. The van der Waals surface area contributed by atoms with Crippen LogP contribution in [0, 0.1) is 11.7 Å². The van der Waals surface area contributed by atoms with Crippen LogP contribution in [0.2, 0.25) is 0 Å². The van der Waals surface area contributed by atoms with E-state index in [2.05, 4.69) is 51.5 Å². The largest absolute Gasteiger partial charge is 0.337 e. The van der Waals surface area contributed by atoms with E-state index in [1.807, 2.05) is 12.3 Å². The lowest BCUT2D eigenvalue weighted by atomic mass is 10.2. The SMILES string of the molecule is CCc1c[nH]c(=S)n1-c1cccc(C)c1Br. The van der Waals surface area contributed by atoms with Crippen molar-refractivity contribution in [1.82, 2.24) is 9.55 Å². The minimum atomic E-state index is 0.739. The Morgan fingerprint density at radius 2 is 2.19 bits per heavy atom. The average Bonchev–Trinajstić information content (AvgIpc) is 2.64. The Labute approximate surface area is 108 Å². The predicted molar refractivity (Wildman–Crippen MR) is 72.8 cm³/mol. The molecule has 0 amide bonds. The first-order valence-electron chi connectivity index (χ1n) is 5.20. The quantitative estimate of drug-likeness (QED) is 0.825. The summed E-state index contributed by atoms with van der Waals surface area (Å²) in [5, 5.41) is 0. The third kappa shape index (κ3) is 1.87. The van der Waals surface area contributed by atoms with Crippen LogP contribution in [0.4, 0.5) is 0 Å². The normalized spacial score (nSPS) is 10.7. The van der Waals surface area contributed by atoms with Crippen molar-refractivity contribution < 1.29 is 0 Å². The summed E-state index contributed by atoms with van der Waals surface area (Å²) in [6.45, 7) is 4.20. The van der Waals surface area contributed by atoms with Gasteiger partial charge in [0.25, 0.3) is 0 Å². The lowest BCUT2D eigenvalue weighted by Gasteiger charge is -2.10. The first-order chi connectivity index (χ1) is 7.65. The first-order valence-corrected chi connectivity index (χ1v) is 6.40. The summed E-state index contributed by atoms with van der Waals surface area (Å²) in [4.78, 5) is 3.09. The number of halogens is 1. The van der Waals surface area contributed by atoms with Gasteiger partial charge in [-0.2, -0.15) is 0 Å². The van der Waals surface area contributed by atoms with Crippen LogP contribution in [0.25, 0.3) is 5.69 Å². The van der Waals surface area contributed by atoms with Gasteiger partial charge in [-0.25, -0.2) is 0 Å². The number of benzene rings is 1. The molecule has 1 aromatic heterocycles. The number of aromatic nitrogens is 2. The smallest absolute Gasteiger partial charge is 0.182 e. The van der Waals surface area contributed by atoms with Gasteiger partial charge >= 0.3 is 0 Å². The fourth-order valence-electron chi connectivity index (χ4n) is 1.73. The number of nitrogens with one attached hydrogen (secondary N) is 1. The molecule has 0 unspecified atom stereocenters. The van der Waals surface area contributed by atoms with Crippen molar-refractivity contribution >= 4 is 28.1 Å². The summed E-state index contributed by atoms with van der Waals surface area (Å²) in [7, 11) is 0. The van der Waals surface area contributed by atoms with Crippen LogP contribution in [0.1, 0.15) is 18.2 Å². The molecule has 0 saturated carbocycles. The number of aromatic amines is 1. The van der Waals surface area contributed by atoms with E-state index in [1.54, 1.807) is 0 Å². The molecule has 0 atom stereocenters. The number of aryl methyl sites for hydroxylation is 2. The van der Waals surface area contributed by atoms with Crippen molar-refractivity contribution in [3.05, 3.63) is 44.9 Å². The second-order valence-corrected chi connectivity index (χ2v) is 4.86. The molecule has 2 rings (SSSR count). The molecule has 4 heteroatoms. The van der Waals surface area contributed by atoms with Crippen LogP contribution in [-0.2, 0) is 6.42 Å². The summed E-state index contributed by atoms with van der Waals surface area (Å²) in [5.74, 6) is 0. The van der Waals surface area contributed by atoms with E-state index in [-0.39, 0.29) is 0 Å². The number of H-pyrrole nitrogens is 1. The van der Waals surface area contributed by atoms with Gasteiger partial charge in [0.2, 0.25) is 0 Å². The summed E-state index contributed by atoms with van der Waals surface area (Å²) in [6.07, 6.45) is 2.92. The topological polar surface area (TPSA) is 20.7 Å². The van der Waals surface area contributed by atoms with E-state index in [9.17, 15) is 0 Å². The monoisotopic (exact) mass is 296 g/mol. The molecule has 2 nitrogen and oxygen atoms in total. The lowest BCUT2D eigenvalue weighted by molar-refractivity contribution is 0.916. The van der Waals surface area contributed by atoms with Crippen LogP contribution in [0.15, 0.2) is 28.9 Å². The van der Waals surface area contributed by atoms with Gasteiger partial charge in [0.15, 0.2) is 4.77 Å². The fourth-order valence-corrected chi connectivity index (χ4v) is 2.45. The third-order valence-corrected chi connectivity index (χ3v) is 3.96. The van der Waals surface area contributed by atoms with Gasteiger partial charge in [-0.3, -0.25) is 4.57 Å². The van der Waals surface area contributed by atoms with Crippen molar-refractivity contribution in [2.24, 2.45) is 0 Å². The Bertz CT molecular complexity index is 569. The zero-order valence-corrected chi connectivity index (χ0v) is 11.7. The van der Waals surface area contributed by atoms with Gasteiger partial charge < -0.3 is 4.98 Å². The maximum Gasteiger partial charge on any atom is 0.182 e. The number of imidazole rings is 1. The maximum absolute atomic E-state index is 5.31. The molecule has 1 heterocycles. The van der Waals surface area contributed by atoms with Crippen molar-refractivity contribution in [3.63, 3.8) is 0 Å². The van der Waals surface area contributed by atoms with Gasteiger partial charge in [0.1, 0.15) is 0 Å². The Morgan fingerprint density at radius 3 is 2.88 bits per heavy atom. The zero-order chi connectivity index (χ0) is 11.7. The molecule has 1 aromatic carbocycles. The molecule has 0 aliphatic heterocycles. The minimum absolute atomic E-state index is 0.739. The molecule has 0 radical (unpaired) electrons.